The lowest BCUT2D eigenvalue weighted by atomic mass is 10.1. The van der Waals surface area contributed by atoms with Crippen LogP contribution in [0.3, 0.4) is 0 Å². The van der Waals surface area contributed by atoms with Crippen LogP contribution in [0.15, 0.2) is 89.7 Å². The molecule has 1 amide bonds. The van der Waals surface area contributed by atoms with Gasteiger partial charge in [-0.15, -0.1) is 0 Å². The minimum absolute atomic E-state index is 0.0529. The zero-order chi connectivity index (χ0) is 21.3. The fourth-order valence-corrected chi connectivity index (χ4v) is 2.78. The van der Waals surface area contributed by atoms with Gasteiger partial charge >= 0.3 is 0 Å². The Hall–Kier alpha value is -4.06. The molecule has 0 atom stereocenters. The first-order valence-corrected chi connectivity index (χ1v) is 9.24. The fraction of sp³-hybridized carbons (Fsp3) is 0.0833. The number of hydrogen-bond donors (Lipinski definition) is 2. The summed E-state index contributed by atoms with van der Waals surface area (Å²) in [6.07, 6.45) is 0. The van der Waals surface area contributed by atoms with Crippen LogP contribution in [0.5, 0.6) is 11.5 Å². The van der Waals surface area contributed by atoms with E-state index in [0.717, 1.165) is 11.1 Å². The van der Waals surface area contributed by atoms with Crippen molar-refractivity contribution in [3.63, 3.8) is 0 Å². The van der Waals surface area contributed by atoms with Gasteiger partial charge in [-0.05, 0) is 30.5 Å². The number of carbonyl (C=O) groups excluding carboxylic acids is 1. The molecule has 3 rings (SSSR count). The van der Waals surface area contributed by atoms with Gasteiger partial charge in [-0.3, -0.25) is 15.1 Å². The van der Waals surface area contributed by atoms with Gasteiger partial charge in [0.1, 0.15) is 12.3 Å². The molecule has 0 spiro atoms. The van der Waals surface area contributed by atoms with Crippen molar-refractivity contribution >= 4 is 18.3 Å². The Kier molecular flexibility index (Phi) is 6.84. The topological polar surface area (TPSA) is 80.2 Å². The summed E-state index contributed by atoms with van der Waals surface area (Å²) in [5.74, 6) is -0.114. The van der Waals surface area contributed by atoms with E-state index in [9.17, 15) is 9.90 Å². The first-order valence-electron chi connectivity index (χ1n) is 9.24. The van der Waals surface area contributed by atoms with E-state index in [4.69, 9.17) is 9.47 Å². The molecular weight excluding hydrogens is 380 g/mol. The number of aromatic hydroxyl groups is 1. The van der Waals surface area contributed by atoms with Crippen molar-refractivity contribution in [1.29, 1.82) is 0 Å². The van der Waals surface area contributed by atoms with Crippen LogP contribution < -0.4 is 10.1 Å². The first kappa shape index (κ1) is 20.7. The van der Waals surface area contributed by atoms with E-state index < -0.39 is 5.91 Å². The SMILES string of the molecule is C=N/C(=C(/NC(=O)c1ccc(O)c(OC)c1)OCc1ccccc1)c1ccccc1. The van der Waals surface area contributed by atoms with Crippen molar-refractivity contribution < 1.29 is 19.4 Å². The van der Waals surface area contributed by atoms with Crippen molar-refractivity contribution in [3.05, 3.63) is 101 Å². The molecule has 0 aliphatic heterocycles. The molecule has 3 aromatic rings. The summed E-state index contributed by atoms with van der Waals surface area (Å²) in [6.45, 7) is 3.88. The summed E-state index contributed by atoms with van der Waals surface area (Å²) >= 11 is 0. The zero-order valence-electron chi connectivity index (χ0n) is 16.5. The average Bonchev–Trinajstić information content (AvgIpc) is 2.79. The number of benzene rings is 3. The Morgan fingerprint density at radius 3 is 2.30 bits per heavy atom. The van der Waals surface area contributed by atoms with Crippen molar-refractivity contribution in [2.45, 2.75) is 6.61 Å². The molecule has 0 bridgehead atoms. The van der Waals surface area contributed by atoms with E-state index in [1.807, 2.05) is 60.7 Å². The van der Waals surface area contributed by atoms with Gasteiger partial charge in [0.25, 0.3) is 5.91 Å². The molecular formula is C24H22N2O4. The largest absolute Gasteiger partial charge is 0.504 e. The third kappa shape index (κ3) is 5.05. The molecule has 0 heterocycles. The highest BCUT2D eigenvalue weighted by molar-refractivity contribution is 5.96. The average molecular weight is 402 g/mol. The van der Waals surface area contributed by atoms with E-state index in [1.54, 1.807) is 0 Å². The molecule has 152 valence electrons. The molecule has 0 saturated carbocycles. The number of hydrogen-bond acceptors (Lipinski definition) is 5. The standard InChI is InChI=1S/C24H22N2O4/c1-25-22(18-11-7-4-8-12-18)24(30-16-17-9-5-3-6-10-17)26-23(28)19-13-14-20(27)21(15-19)29-2/h3-15,27H,1,16H2,2H3,(H,26,28)/b24-22-. The number of amides is 1. The molecule has 0 radical (unpaired) electrons. The smallest absolute Gasteiger partial charge is 0.258 e. The molecule has 30 heavy (non-hydrogen) atoms. The number of methoxy groups -OCH3 is 1. The van der Waals surface area contributed by atoms with Gasteiger partial charge in [-0.1, -0.05) is 60.7 Å². The maximum absolute atomic E-state index is 12.9. The van der Waals surface area contributed by atoms with Crippen LogP contribution >= 0.6 is 0 Å². The molecule has 0 unspecified atom stereocenters. The maximum atomic E-state index is 12.9. The van der Waals surface area contributed by atoms with Gasteiger partial charge in [0.05, 0.1) is 7.11 Å². The Morgan fingerprint density at radius 2 is 1.67 bits per heavy atom. The Labute approximate surface area is 175 Å². The predicted octanol–water partition coefficient (Wildman–Crippen LogP) is 4.37. The molecule has 0 aromatic heterocycles. The molecule has 0 aliphatic carbocycles. The highest BCUT2D eigenvalue weighted by Gasteiger charge is 2.16. The van der Waals surface area contributed by atoms with E-state index in [1.165, 1.54) is 25.3 Å². The lowest BCUT2D eigenvalue weighted by Crippen LogP contribution is -2.25. The Morgan fingerprint density at radius 1 is 1.00 bits per heavy atom. The maximum Gasteiger partial charge on any atom is 0.258 e. The van der Waals surface area contributed by atoms with Crippen molar-refractivity contribution in [3.8, 4) is 11.5 Å². The monoisotopic (exact) mass is 402 g/mol. The van der Waals surface area contributed by atoms with Crippen LogP contribution in [0.1, 0.15) is 21.5 Å². The van der Waals surface area contributed by atoms with Gasteiger partial charge in [0.15, 0.2) is 11.5 Å². The van der Waals surface area contributed by atoms with Crippen molar-refractivity contribution in [1.82, 2.24) is 5.32 Å². The minimum atomic E-state index is -0.437. The summed E-state index contributed by atoms with van der Waals surface area (Å²) in [7, 11) is 1.42. The van der Waals surface area contributed by atoms with E-state index in [0.29, 0.717) is 11.3 Å². The molecule has 2 N–H and O–H groups in total. The molecule has 0 fully saturated rings. The van der Waals surface area contributed by atoms with Crippen LogP contribution in [-0.4, -0.2) is 24.8 Å². The molecule has 0 aliphatic rings. The first-order chi connectivity index (χ1) is 14.6. The normalized spacial score (nSPS) is 11.2. The number of phenols is 1. The Bertz CT molecular complexity index is 1050. The zero-order valence-corrected chi connectivity index (χ0v) is 16.5. The fourth-order valence-electron chi connectivity index (χ4n) is 2.78. The summed E-state index contributed by atoms with van der Waals surface area (Å²) in [6, 6.07) is 23.2. The number of nitrogens with zero attached hydrogens (tertiary/aromatic N) is 1. The third-order valence-electron chi connectivity index (χ3n) is 4.32. The van der Waals surface area contributed by atoms with E-state index in [-0.39, 0.29) is 24.0 Å². The highest BCUT2D eigenvalue weighted by atomic mass is 16.5. The number of nitrogens with one attached hydrogen (secondary N) is 1. The van der Waals surface area contributed by atoms with Crippen molar-refractivity contribution in [2.75, 3.05) is 7.11 Å². The summed E-state index contributed by atoms with van der Waals surface area (Å²) in [4.78, 5) is 17.0. The van der Waals surface area contributed by atoms with E-state index >= 15 is 0 Å². The number of phenolic OH excluding ortho intramolecular Hbond substituents is 1. The van der Waals surface area contributed by atoms with Crippen LogP contribution in [0.4, 0.5) is 0 Å². The molecule has 0 saturated heterocycles. The van der Waals surface area contributed by atoms with Gasteiger partial charge in [0.2, 0.25) is 5.88 Å². The third-order valence-corrected chi connectivity index (χ3v) is 4.32. The van der Waals surface area contributed by atoms with Crippen LogP contribution in [0.25, 0.3) is 5.70 Å². The molecule has 6 heteroatoms. The van der Waals surface area contributed by atoms with Gasteiger partial charge < -0.3 is 14.6 Å². The second-order valence-corrected chi connectivity index (χ2v) is 6.32. The number of carbonyl (C=O) groups is 1. The Balaban J connectivity index is 1.93. The summed E-state index contributed by atoms with van der Waals surface area (Å²) in [5, 5.41) is 12.5. The summed E-state index contributed by atoms with van der Waals surface area (Å²) < 4.78 is 11.0. The number of rotatable bonds is 8. The summed E-state index contributed by atoms with van der Waals surface area (Å²) in [5.41, 5.74) is 2.39. The highest BCUT2D eigenvalue weighted by Crippen LogP contribution is 2.27. The van der Waals surface area contributed by atoms with Crippen LogP contribution in [-0.2, 0) is 11.3 Å². The number of aliphatic imine (C=N–C) groups is 1. The second kappa shape index (κ2) is 9.93. The lowest BCUT2D eigenvalue weighted by molar-refractivity contribution is 0.0911. The lowest BCUT2D eigenvalue weighted by Gasteiger charge is -2.16. The van der Waals surface area contributed by atoms with Crippen molar-refractivity contribution in [2.24, 2.45) is 4.99 Å². The van der Waals surface area contributed by atoms with Gasteiger partial charge in [-0.25, -0.2) is 0 Å². The second-order valence-electron chi connectivity index (χ2n) is 6.32. The van der Waals surface area contributed by atoms with Gasteiger partial charge in [-0.2, -0.15) is 0 Å². The molecule has 3 aromatic carbocycles. The minimum Gasteiger partial charge on any atom is -0.504 e. The number of ether oxygens (including phenoxy) is 2. The van der Waals surface area contributed by atoms with Gasteiger partial charge in [0, 0.05) is 11.1 Å². The predicted molar refractivity (Wildman–Crippen MR) is 116 cm³/mol. The molecule has 6 nitrogen and oxygen atoms in total. The van der Waals surface area contributed by atoms with E-state index in [2.05, 4.69) is 17.0 Å². The van der Waals surface area contributed by atoms with Crippen LogP contribution in [0, 0.1) is 0 Å². The quantitative estimate of drug-likeness (QED) is 0.433. The van der Waals surface area contributed by atoms with Crippen LogP contribution in [0.2, 0.25) is 0 Å².